The van der Waals surface area contributed by atoms with Gasteiger partial charge in [0, 0.05) is 18.6 Å². The molecule has 0 spiro atoms. The summed E-state index contributed by atoms with van der Waals surface area (Å²) in [5.41, 5.74) is 1.96. The van der Waals surface area contributed by atoms with E-state index in [1.165, 1.54) is 16.9 Å². The molecule has 0 atom stereocenters. The molecule has 0 aliphatic rings. The van der Waals surface area contributed by atoms with E-state index in [0.29, 0.717) is 17.0 Å². The third-order valence-electron chi connectivity index (χ3n) is 3.97. The summed E-state index contributed by atoms with van der Waals surface area (Å²) >= 11 is 0. The Morgan fingerprint density at radius 1 is 1.08 bits per heavy atom. The number of fused-ring (bicyclic) bond motifs is 1. The molecule has 4 rings (SSSR count). The summed E-state index contributed by atoms with van der Waals surface area (Å²) in [5, 5.41) is 12.7. The SMILES string of the molecule is Cc1cnnn1-c1ccc(S(=O)(=O)Nc2cccc3cnn(C)c23)cn1. The highest BCUT2D eigenvalue weighted by Crippen LogP contribution is 2.25. The third-order valence-corrected chi connectivity index (χ3v) is 5.32. The van der Waals surface area contributed by atoms with Crippen molar-refractivity contribution in [1.82, 2.24) is 29.8 Å². The van der Waals surface area contributed by atoms with Gasteiger partial charge in [-0.05, 0) is 25.1 Å². The van der Waals surface area contributed by atoms with E-state index in [4.69, 9.17) is 0 Å². The lowest BCUT2D eigenvalue weighted by molar-refractivity contribution is 0.600. The Morgan fingerprint density at radius 2 is 1.92 bits per heavy atom. The van der Waals surface area contributed by atoms with Crippen LogP contribution in [-0.4, -0.2) is 38.2 Å². The van der Waals surface area contributed by atoms with E-state index in [1.54, 1.807) is 42.3 Å². The Bertz CT molecular complexity index is 1190. The maximum Gasteiger partial charge on any atom is 0.263 e. The lowest BCUT2D eigenvalue weighted by Crippen LogP contribution is -2.14. The van der Waals surface area contributed by atoms with Crippen molar-refractivity contribution in [2.24, 2.45) is 7.05 Å². The minimum atomic E-state index is -3.79. The number of anilines is 1. The van der Waals surface area contributed by atoms with Gasteiger partial charge in [-0.25, -0.2) is 13.4 Å². The summed E-state index contributed by atoms with van der Waals surface area (Å²) in [7, 11) is -2.03. The van der Waals surface area contributed by atoms with Crippen LogP contribution in [0, 0.1) is 6.92 Å². The van der Waals surface area contributed by atoms with Gasteiger partial charge in [0.25, 0.3) is 10.0 Å². The quantitative estimate of drug-likeness (QED) is 0.586. The van der Waals surface area contributed by atoms with Crippen molar-refractivity contribution in [2.75, 3.05) is 4.72 Å². The van der Waals surface area contributed by atoms with Gasteiger partial charge in [-0.3, -0.25) is 9.40 Å². The Hall–Kier alpha value is -3.27. The number of hydrogen-bond donors (Lipinski definition) is 1. The first-order chi connectivity index (χ1) is 12.5. The van der Waals surface area contributed by atoms with Crippen molar-refractivity contribution in [2.45, 2.75) is 11.8 Å². The average molecular weight is 369 g/mol. The number of para-hydroxylation sites is 1. The van der Waals surface area contributed by atoms with Gasteiger partial charge in [0.2, 0.25) is 0 Å². The fourth-order valence-corrected chi connectivity index (χ4v) is 3.70. The van der Waals surface area contributed by atoms with Crippen LogP contribution >= 0.6 is 0 Å². The summed E-state index contributed by atoms with van der Waals surface area (Å²) in [6.45, 7) is 1.84. The molecule has 132 valence electrons. The zero-order valence-electron chi connectivity index (χ0n) is 14.0. The van der Waals surface area contributed by atoms with Crippen molar-refractivity contribution < 1.29 is 8.42 Å². The second kappa shape index (κ2) is 5.92. The molecule has 0 bridgehead atoms. The zero-order chi connectivity index (χ0) is 18.3. The first-order valence-corrected chi connectivity index (χ1v) is 9.21. The van der Waals surface area contributed by atoms with Gasteiger partial charge in [0.1, 0.15) is 4.90 Å². The van der Waals surface area contributed by atoms with Gasteiger partial charge in [0.05, 0.1) is 29.3 Å². The summed E-state index contributed by atoms with van der Waals surface area (Å²) < 4.78 is 31.2. The standard InChI is InChI=1S/C16H15N7O2S/c1-11-8-18-21-23(11)15-7-6-13(10-17-15)26(24,25)20-14-5-3-4-12-9-19-22(2)16(12)14/h3-10,20H,1-2H3. The molecule has 3 heterocycles. The zero-order valence-corrected chi connectivity index (χ0v) is 14.8. The molecule has 3 aromatic heterocycles. The molecule has 0 amide bonds. The first-order valence-electron chi connectivity index (χ1n) is 7.73. The maximum atomic E-state index is 12.7. The Balaban J connectivity index is 1.68. The van der Waals surface area contributed by atoms with Crippen molar-refractivity contribution in [1.29, 1.82) is 0 Å². The molecule has 0 fully saturated rings. The van der Waals surface area contributed by atoms with Gasteiger partial charge < -0.3 is 0 Å². The molecule has 10 heteroatoms. The minimum absolute atomic E-state index is 0.0539. The van der Waals surface area contributed by atoms with Crippen LogP contribution in [0.1, 0.15) is 5.69 Å². The predicted octanol–water partition coefficient (Wildman–Crippen LogP) is 1.66. The van der Waals surface area contributed by atoms with Crippen molar-refractivity contribution in [3.63, 3.8) is 0 Å². The number of nitrogens with one attached hydrogen (secondary N) is 1. The number of sulfonamides is 1. The van der Waals surface area contributed by atoms with Crippen LogP contribution in [0.4, 0.5) is 5.69 Å². The van der Waals surface area contributed by atoms with E-state index in [1.807, 2.05) is 13.0 Å². The predicted molar refractivity (Wildman–Crippen MR) is 95.4 cm³/mol. The van der Waals surface area contributed by atoms with Gasteiger partial charge in [-0.2, -0.15) is 9.78 Å². The minimum Gasteiger partial charge on any atom is -0.277 e. The molecule has 0 saturated carbocycles. The maximum absolute atomic E-state index is 12.7. The molecule has 0 radical (unpaired) electrons. The normalized spacial score (nSPS) is 11.8. The summed E-state index contributed by atoms with van der Waals surface area (Å²) in [5.74, 6) is 0.493. The van der Waals surface area contributed by atoms with Crippen LogP contribution in [0.5, 0.6) is 0 Å². The van der Waals surface area contributed by atoms with Gasteiger partial charge in [-0.15, -0.1) is 5.10 Å². The second-order valence-electron chi connectivity index (χ2n) is 5.76. The van der Waals surface area contributed by atoms with Crippen LogP contribution in [-0.2, 0) is 17.1 Å². The van der Waals surface area contributed by atoms with Crippen molar-refractivity contribution in [3.8, 4) is 5.82 Å². The lowest BCUT2D eigenvalue weighted by Gasteiger charge is -2.10. The van der Waals surface area contributed by atoms with E-state index in [2.05, 4.69) is 25.1 Å². The third kappa shape index (κ3) is 2.69. The van der Waals surface area contributed by atoms with Crippen LogP contribution in [0.3, 0.4) is 0 Å². The fourth-order valence-electron chi connectivity index (χ4n) is 2.69. The number of pyridine rings is 1. The van der Waals surface area contributed by atoms with E-state index >= 15 is 0 Å². The van der Waals surface area contributed by atoms with Gasteiger partial charge in [-0.1, -0.05) is 17.3 Å². The smallest absolute Gasteiger partial charge is 0.263 e. The highest BCUT2D eigenvalue weighted by molar-refractivity contribution is 7.92. The number of nitrogens with zero attached hydrogens (tertiary/aromatic N) is 6. The van der Waals surface area contributed by atoms with Gasteiger partial charge >= 0.3 is 0 Å². The monoisotopic (exact) mass is 369 g/mol. The molecule has 9 nitrogen and oxygen atoms in total. The first kappa shape index (κ1) is 16.2. The van der Waals surface area contributed by atoms with Crippen LogP contribution in [0.15, 0.2) is 53.8 Å². The molecule has 0 saturated heterocycles. The molecule has 26 heavy (non-hydrogen) atoms. The molecular weight excluding hydrogens is 354 g/mol. The number of aromatic nitrogens is 6. The van der Waals surface area contributed by atoms with E-state index in [0.717, 1.165) is 11.1 Å². The number of rotatable bonds is 4. The Labute approximate surface area is 149 Å². The molecule has 1 aromatic carbocycles. The largest absolute Gasteiger partial charge is 0.277 e. The molecule has 0 unspecified atom stereocenters. The van der Waals surface area contributed by atoms with Crippen LogP contribution in [0.2, 0.25) is 0 Å². The van der Waals surface area contributed by atoms with E-state index < -0.39 is 10.0 Å². The molecular formula is C16H15N7O2S. The van der Waals surface area contributed by atoms with Crippen LogP contribution < -0.4 is 4.72 Å². The number of aryl methyl sites for hydroxylation is 2. The number of hydrogen-bond acceptors (Lipinski definition) is 6. The Kier molecular flexibility index (Phi) is 3.69. The molecule has 0 aliphatic heterocycles. The van der Waals surface area contributed by atoms with E-state index in [-0.39, 0.29) is 4.90 Å². The lowest BCUT2D eigenvalue weighted by atomic mass is 10.2. The topological polar surface area (TPSA) is 108 Å². The Morgan fingerprint density at radius 3 is 2.62 bits per heavy atom. The second-order valence-corrected chi connectivity index (χ2v) is 7.44. The van der Waals surface area contributed by atoms with Crippen molar-refractivity contribution in [3.05, 3.63) is 54.6 Å². The number of benzene rings is 1. The highest BCUT2D eigenvalue weighted by atomic mass is 32.2. The highest BCUT2D eigenvalue weighted by Gasteiger charge is 2.18. The van der Waals surface area contributed by atoms with Crippen LogP contribution in [0.25, 0.3) is 16.7 Å². The van der Waals surface area contributed by atoms with Gasteiger partial charge in [0.15, 0.2) is 5.82 Å². The average Bonchev–Trinajstić information content (AvgIpc) is 3.21. The molecule has 1 N–H and O–H groups in total. The molecule has 4 aromatic rings. The van der Waals surface area contributed by atoms with Crippen molar-refractivity contribution >= 4 is 26.6 Å². The summed E-state index contributed by atoms with van der Waals surface area (Å²) in [6.07, 6.45) is 4.58. The summed E-state index contributed by atoms with van der Waals surface area (Å²) in [6, 6.07) is 8.41. The fraction of sp³-hybridized carbons (Fsp3) is 0.125. The molecule has 0 aliphatic carbocycles. The van der Waals surface area contributed by atoms with E-state index in [9.17, 15) is 8.42 Å². The summed E-state index contributed by atoms with van der Waals surface area (Å²) in [4.78, 5) is 4.24.